The third kappa shape index (κ3) is 2.09. The zero-order valence-electron chi connectivity index (χ0n) is 9.35. The standard InChI is InChI=1S/C12H9F3N2O/c1-6-7(4-5-16-6)12(18)17-9-3-2-8(13)10(14)11(9)15/h2-5,16H,1H3,(H,17,18). The van der Waals surface area contributed by atoms with Gasteiger partial charge in [-0.2, -0.15) is 0 Å². The lowest BCUT2D eigenvalue weighted by Crippen LogP contribution is -2.14. The average Bonchev–Trinajstić information content (AvgIpc) is 2.76. The van der Waals surface area contributed by atoms with Gasteiger partial charge in [-0.15, -0.1) is 0 Å². The number of aromatic nitrogens is 1. The maximum Gasteiger partial charge on any atom is 0.257 e. The predicted octanol–water partition coefficient (Wildman–Crippen LogP) is 2.99. The van der Waals surface area contributed by atoms with Gasteiger partial charge in [0.2, 0.25) is 0 Å². The molecule has 0 spiro atoms. The van der Waals surface area contributed by atoms with Crippen LogP contribution in [0.1, 0.15) is 16.1 Å². The molecule has 6 heteroatoms. The summed E-state index contributed by atoms with van der Waals surface area (Å²) in [4.78, 5) is 14.5. The molecule has 2 aromatic rings. The van der Waals surface area contributed by atoms with Crippen LogP contribution in [-0.2, 0) is 0 Å². The van der Waals surface area contributed by atoms with Crippen molar-refractivity contribution in [1.82, 2.24) is 4.98 Å². The van der Waals surface area contributed by atoms with Gasteiger partial charge < -0.3 is 10.3 Å². The molecule has 1 aromatic heterocycles. The van der Waals surface area contributed by atoms with E-state index in [0.29, 0.717) is 11.3 Å². The number of anilines is 1. The molecule has 18 heavy (non-hydrogen) atoms. The van der Waals surface area contributed by atoms with Crippen LogP contribution in [0.2, 0.25) is 0 Å². The van der Waals surface area contributed by atoms with Gasteiger partial charge in [-0.05, 0) is 25.1 Å². The topological polar surface area (TPSA) is 44.9 Å². The van der Waals surface area contributed by atoms with E-state index in [1.54, 1.807) is 13.1 Å². The number of hydrogen-bond acceptors (Lipinski definition) is 1. The molecule has 0 fully saturated rings. The third-order valence-corrected chi connectivity index (χ3v) is 2.48. The number of carbonyl (C=O) groups is 1. The predicted molar refractivity (Wildman–Crippen MR) is 59.8 cm³/mol. The van der Waals surface area contributed by atoms with Crippen molar-refractivity contribution < 1.29 is 18.0 Å². The molecule has 0 saturated carbocycles. The molecule has 1 heterocycles. The molecule has 0 unspecified atom stereocenters. The molecule has 2 rings (SSSR count). The fourth-order valence-corrected chi connectivity index (χ4v) is 1.51. The van der Waals surface area contributed by atoms with Crippen molar-refractivity contribution in [3.8, 4) is 0 Å². The average molecular weight is 254 g/mol. The third-order valence-electron chi connectivity index (χ3n) is 2.48. The molecule has 0 radical (unpaired) electrons. The summed E-state index contributed by atoms with van der Waals surface area (Å²) in [5.74, 6) is -4.93. The van der Waals surface area contributed by atoms with Crippen molar-refractivity contribution in [2.75, 3.05) is 5.32 Å². The largest absolute Gasteiger partial charge is 0.365 e. The summed E-state index contributed by atoms with van der Waals surface area (Å²) in [5.41, 5.74) is 0.495. The van der Waals surface area contributed by atoms with Gasteiger partial charge in [-0.1, -0.05) is 0 Å². The van der Waals surface area contributed by atoms with Gasteiger partial charge in [-0.3, -0.25) is 4.79 Å². The summed E-state index contributed by atoms with van der Waals surface area (Å²) >= 11 is 0. The van der Waals surface area contributed by atoms with Gasteiger partial charge in [0.25, 0.3) is 5.91 Å². The van der Waals surface area contributed by atoms with Crippen molar-refractivity contribution in [3.05, 3.63) is 53.1 Å². The minimum Gasteiger partial charge on any atom is -0.365 e. The lowest BCUT2D eigenvalue weighted by Gasteiger charge is -2.06. The maximum absolute atomic E-state index is 13.3. The molecule has 0 bridgehead atoms. The van der Waals surface area contributed by atoms with E-state index in [4.69, 9.17) is 0 Å². The molecule has 0 atom stereocenters. The highest BCUT2D eigenvalue weighted by Gasteiger charge is 2.17. The molecule has 1 aromatic carbocycles. The molecule has 3 nitrogen and oxygen atoms in total. The fraction of sp³-hybridized carbons (Fsp3) is 0.0833. The molecule has 0 aliphatic rings. The number of amides is 1. The Kier molecular flexibility index (Phi) is 3.10. The highest BCUT2D eigenvalue weighted by molar-refractivity contribution is 6.05. The van der Waals surface area contributed by atoms with Crippen molar-refractivity contribution in [2.45, 2.75) is 6.92 Å². The first-order chi connectivity index (χ1) is 8.50. The highest BCUT2D eigenvalue weighted by atomic mass is 19.2. The van der Waals surface area contributed by atoms with Crippen molar-refractivity contribution in [2.24, 2.45) is 0 Å². The summed E-state index contributed by atoms with van der Waals surface area (Å²) in [6.45, 7) is 1.66. The van der Waals surface area contributed by atoms with Gasteiger partial charge in [-0.25, -0.2) is 13.2 Å². The van der Waals surface area contributed by atoms with Crippen molar-refractivity contribution in [1.29, 1.82) is 0 Å². The van der Waals surface area contributed by atoms with E-state index >= 15 is 0 Å². The first-order valence-corrected chi connectivity index (χ1v) is 5.09. The van der Waals surface area contributed by atoms with Gasteiger partial charge in [0.15, 0.2) is 17.5 Å². The van der Waals surface area contributed by atoms with Crippen LogP contribution < -0.4 is 5.32 Å². The first kappa shape index (κ1) is 12.2. The number of hydrogen-bond donors (Lipinski definition) is 2. The molecule has 2 N–H and O–H groups in total. The number of aromatic amines is 1. The molecule has 94 valence electrons. The van der Waals surface area contributed by atoms with Gasteiger partial charge in [0, 0.05) is 11.9 Å². The SMILES string of the molecule is Cc1[nH]ccc1C(=O)Nc1ccc(F)c(F)c1F. The van der Waals surface area contributed by atoms with Crippen LogP contribution in [0.4, 0.5) is 18.9 Å². The minimum absolute atomic E-state index is 0.305. The zero-order chi connectivity index (χ0) is 13.3. The second kappa shape index (κ2) is 4.56. The number of aryl methyl sites for hydroxylation is 1. The molecule has 0 saturated heterocycles. The summed E-state index contributed by atoms with van der Waals surface area (Å²) in [7, 11) is 0. The number of H-pyrrole nitrogens is 1. The molecule has 1 amide bonds. The Hall–Kier alpha value is -2.24. The Balaban J connectivity index is 2.28. The summed E-state index contributed by atoms with van der Waals surface area (Å²) in [6.07, 6.45) is 1.55. The second-order valence-corrected chi connectivity index (χ2v) is 3.69. The van der Waals surface area contributed by atoms with E-state index in [2.05, 4.69) is 10.3 Å². The minimum atomic E-state index is -1.61. The number of benzene rings is 1. The molecule has 0 aliphatic heterocycles. The number of nitrogens with one attached hydrogen (secondary N) is 2. The van der Waals surface area contributed by atoms with E-state index in [1.165, 1.54) is 6.07 Å². The smallest absolute Gasteiger partial charge is 0.257 e. The molecular weight excluding hydrogens is 245 g/mol. The van der Waals surface area contributed by atoms with E-state index in [9.17, 15) is 18.0 Å². The van der Waals surface area contributed by atoms with Crippen molar-refractivity contribution in [3.63, 3.8) is 0 Å². The Morgan fingerprint density at radius 2 is 1.89 bits per heavy atom. The Bertz CT molecular complexity index is 607. The Morgan fingerprint density at radius 3 is 2.50 bits per heavy atom. The van der Waals surface area contributed by atoms with Crippen LogP contribution in [0, 0.1) is 24.4 Å². The van der Waals surface area contributed by atoms with Gasteiger partial charge >= 0.3 is 0 Å². The number of rotatable bonds is 2. The van der Waals surface area contributed by atoms with Gasteiger partial charge in [0.1, 0.15) is 0 Å². The first-order valence-electron chi connectivity index (χ1n) is 5.09. The monoisotopic (exact) mass is 254 g/mol. The van der Waals surface area contributed by atoms with E-state index < -0.39 is 29.0 Å². The highest BCUT2D eigenvalue weighted by Crippen LogP contribution is 2.20. The quantitative estimate of drug-likeness (QED) is 0.795. The van der Waals surface area contributed by atoms with Gasteiger partial charge in [0.05, 0.1) is 11.3 Å². The molecular formula is C12H9F3N2O. The lowest BCUT2D eigenvalue weighted by molar-refractivity contribution is 0.102. The van der Waals surface area contributed by atoms with Crippen molar-refractivity contribution >= 4 is 11.6 Å². The summed E-state index contributed by atoms with van der Waals surface area (Å²) in [6, 6.07) is 3.22. The normalized spacial score (nSPS) is 10.4. The Morgan fingerprint density at radius 1 is 1.17 bits per heavy atom. The maximum atomic E-state index is 13.3. The lowest BCUT2D eigenvalue weighted by atomic mass is 10.2. The van der Waals surface area contributed by atoms with Crippen LogP contribution in [-0.4, -0.2) is 10.9 Å². The summed E-state index contributed by atoms with van der Waals surface area (Å²) in [5, 5.41) is 2.18. The van der Waals surface area contributed by atoms with Crippen LogP contribution in [0.25, 0.3) is 0 Å². The van der Waals surface area contributed by atoms with E-state index in [1.807, 2.05) is 0 Å². The van der Waals surface area contributed by atoms with Crippen LogP contribution in [0.3, 0.4) is 0 Å². The number of carbonyl (C=O) groups excluding carboxylic acids is 1. The van der Waals surface area contributed by atoms with Crippen LogP contribution in [0.5, 0.6) is 0 Å². The second-order valence-electron chi connectivity index (χ2n) is 3.69. The van der Waals surface area contributed by atoms with E-state index in [-0.39, 0.29) is 0 Å². The molecule has 0 aliphatic carbocycles. The van der Waals surface area contributed by atoms with Crippen LogP contribution >= 0.6 is 0 Å². The Labute approximate surface area is 101 Å². The number of halogens is 3. The van der Waals surface area contributed by atoms with Crippen LogP contribution in [0.15, 0.2) is 24.4 Å². The summed E-state index contributed by atoms with van der Waals surface area (Å²) < 4.78 is 39.0. The zero-order valence-corrected chi connectivity index (χ0v) is 9.35. The van der Waals surface area contributed by atoms with E-state index in [0.717, 1.165) is 12.1 Å². The fourth-order valence-electron chi connectivity index (χ4n) is 1.51.